The number of benzene rings is 1. The van der Waals surface area contributed by atoms with E-state index in [1.165, 1.54) is 0 Å². The fourth-order valence-corrected chi connectivity index (χ4v) is 3.85. The van der Waals surface area contributed by atoms with E-state index >= 15 is 0 Å². The Bertz CT molecular complexity index is 1040. The van der Waals surface area contributed by atoms with Crippen molar-refractivity contribution in [3.05, 3.63) is 41.7 Å². The maximum atomic E-state index is 8.93. The summed E-state index contributed by atoms with van der Waals surface area (Å²) in [5, 5.41) is 13.8. The van der Waals surface area contributed by atoms with Crippen LogP contribution in [0.25, 0.3) is 16.8 Å². The Hall–Kier alpha value is -3.11. The van der Waals surface area contributed by atoms with Crippen LogP contribution in [-0.4, -0.2) is 59.3 Å². The second-order valence-electron chi connectivity index (χ2n) is 7.07. The molecule has 0 amide bonds. The number of anilines is 1. The zero-order valence-corrected chi connectivity index (χ0v) is 16.5. The van der Waals surface area contributed by atoms with Crippen molar-refractivity contribution < 1.29 is 4.74 Å². The molecule has 7 heteroatoms. The number of aryl methyl sites for hydroxylation is 2. The Morgan fingerprint density at radius 3 is 2.61 bits per heavy atom. The van der Waals surface area contributed by atoms with E-state index in [0.717, 1.165) is 65.9 Å². The predicted molar refractivity (Wildman–Crippen MR) is 109 cm³/mol. The van der Waals surface area contributed by atoms with Crippen molar-refractivity contribution in [2.75, 3.05) is 44.7 Å². The van der Waals surface area contributed by atoms with E-state index in [4.69, 9.17) is 20.1 Å². The van der Waals surface area contributed by atoms with Gasteiger partial charge >= 0.3 is 0 Å². The summed E-state index contributed by atoms with van der Waals surface area (Å²) in [5.41, 5.74) is 4.73. The van der Waals surface area contributed by atoms with Crippen LogP contribution in [0.2, 0.25) is 0 Å². The summed E-state index contributed by atoms with van der Waals surface area (Å²) in [5.74, 6) is 1.86. The Morgan fingerprint density at radius 2 is 1.89 bits per heavy atom. The van der Waals surface area contributed by atoms with E-state index in [0.29, 0.717) is 6.54 Å². The first-order valence-corrected chi connectivity index (χ1v) is 9.47. The van der Waals surface area contributed by atoms with Crippen LogP contribution >= 0.6 is 0 Å². The first-order valence-electron chi connectivity index (χ1n) is 9.47. The van der Waals surface area contributed by atoms with Gasteiger partial charge in [0.05, 0.1) is 31.0 Å². The molecular formula is C21H24N6O. The Morgan fingerprint density at radius 1 is 1.14 bits per heavy atom. The summed E-state index contributed by atoms with van der Waals surface area (Å²) in [7, 11) is 1.69. The van der Waals surface area contributed by atoms with Crippen molar-refractivity contribution in [1.29, 1.82) is 5.26 Å². The molecule has 4 rings (SSSR count). The van der Waals surface area contributed by atoms with Crippen molar-refractivity contribution in [1.82, 2.24) is 19.5 Å². The number of nitrogens with zero attached hydrogens (tertiary/aromatic N) is 6. The highest BCUT2D eigenvalue weighted by atomic mass is 16.5. The van der Waals surface area contributed by atoms with Crippen LogP contribution in [0, 0.1) is 25.2 Å². The van der Waals surface area contributed by atoms with Crippen molar-refractivity contribution in [3.8, 4) is 22.9 Å². The van der Waals surface area contributed by atoms with Crippen LogP contribution in [0.4, 0.5) is 5.82 Å². The molecule has 0 bridgehead atoms. The smallest absolute Gasteiger partial charge is 0.165 e. The molecule has 0 aliphatic carbocycles. The number of aromatic nitrogens is 3. The lowest BCUT2D eigenvalue weighted by atomic mass is 10.1. The molecule has 0 saturated carbocycles. The zero-order valence-electron chi connectivity index (χ0n) is 16.5. The van der Waals surface area contributed by atoms with E-state index in [1.807, 2.05) is 42.6 Å². The van der Waals surface area contributed by atoms with Gasteiger partial charge in [-0.15, -0.1) is 0 Å². The van der Waals surface area contributed by atoms with Gasteiger partial charge in [-0.25, -0.2) is 4.98 Å². The molecule has 7 nitrogen and oxygen atoms in total. The van der Waals surface area contributed by atoms with Gasteiger partial charge in [0, 0.05) is 43.5 Å². The highest BCUT2D eigenvalue weighted by molar-refractivity contribution is 5.84. The molecule has 2 aromatic heterocycles. The van der Waals surface area contributed by atoms with Crippen molar-refractivity contribution in [2.45, 2.75) is 13.8 Å². The van der Waals surface area contributed by atoms with Crippen LogP contribution in [0.5, 0.6) is 5.75 Å². The minimum Gasteiger partial charge on any atom is -0.496 e. The van der Waals surface area contributed by atoms with Crippen molar-refractivity contribution >= 4 is 11.5 Å². The summed E-state index contributed by atoms with van der Waals surface area (Å²) in [4.78, 5) is 9.32. The van der Waals surface area contributed by atoms with Crippen LogP contribution < -0.4 is 9.64 Å². The molecule has 1 saturated heterocycles. The standard InChI is InChI=1S/C21H24N6O/c1-15-14-19(26-12-10-25(9-8-22)11-13-26)27-21(23-15)20(16(2)24-27)17-6-4-5-7-18(17)28-3/h4-7,14H,9-13H2,1-3H3. The summed E-state index contributed by atoms with van der Waals surface area (Å²) < 4.78 is 7.53. The third-order valence-corrected chi connectivity index (χ3v) is 5.24. The molecule has 3 aromatic rings. The number of para-hydroxylation sites is 1. The molecule has 0 spiro atoms. The largest absolute Gasteiger partial charge is 0.496 e. The molecular weight excluding hydrogens is 352 g/mol. The normalized spacial score (nSPS) is 15.0. The van der Waals surface area contributed by atoms with Gasteiger partial charge in [-0.3, -0.25) is 4.90 Å². The highest BCUT2D eigenvalue weighted by Crippen LogP contribution is 2.35. The van der Waals surface area contributed by atoms with Crippen molar-refractivity contribution in [2.24, 2.45) is 0 Å². The quantitative estimate of drug-likeness (QED) is 0.652. The molecule has 144 valence electrons. The third kappa shape index (κ3) is 3.16. The zero-order chi connectivity index (χ0) is 19.7. The summed E-state index contributed by atoms with van der Waals surface area (Å²) in [6.45, 7) is 7.99. The molecule has 28 heavy (non-hydrogen) atoms. The van der Waals surface area contributed by atoms with Gasteiger partial charge in [-0.1, -0.05) is 18.2 Å². The average Bonchev–Trinajstić information content (AvgIpc) is 3.03. The molecule has 1 aromatic carbocycles. The number of fused-ring (bicyclic) bond motifs is 1. The highest BCUT2D eigenvalue weighted by Gasteiger charge is 2.23. The average molecular weight is 376 g/mol. The fourth-order valence-electron chi connectivity index (χ4n) is 3.85. The first kappa shape index (κ1) is 18.3. The molecule has 0 N–H and O–H groups in total. The predicted octanol–water partition coefficient (Wildman–Crippen LogP) is 2.67. The van der Waals surface area contributed by atoms with Gasteiger partial charge in [0.2, 0.25) is 0 Å². The van der Waals surface area contributed by atoms with E-state index in [2.05, 4.69) is 21.9 Å². The lowest BCUT2D eigenvalue weighted by molar-refractivity contribution is 0.286. The molecule has 1 aliphatic heterocycles. The molecule has 0 unspecified atom stereocenters. The van der Waals surface area contributed by atoms with Crippen LogP contribution in [0.1, 0.15) is 11.4 Å². The molecule has 1 fully saturated rings. The summed E-state index contributed by atoms with van der Waals surface area (Å²) in [6, 6.07) is 12.3. The third-order valence-electron chi connectivity index (χ3n) is 5.24. The molecule has 0 radical (unpaired) electrons. The number of piperazine rings is 1. The van der Waals surface area contributed by atoms with Crippen LogP contribution in [-0.2, 0) is 0 Å². The minimum absolute atomic E-state index is 0.484. The number of methoxy groups -OCH3 is 1. The van der Waals surface area contributed by atoms with Crippen molar-refractivity contribution in [3.63, 3.8) is 0 Å². The monoisotopic (exact) mass is 376 g/mol. The fraction of sp³-hybridized carbons (Fsp3) is 0.381. The Balaban J connectivity index is 1.80. The Labute approximate surface area is 164 Å². The summed E-state index contributed by atoms with van der Waals surface area (Å²) >= 11 is 0. The number of hydrogen-bond donors (Lipinski definition) is 0. The number of rotatable bonds is 4. The van der Waals surface area contributed by atoms with Crippen LogP contribution in [0.3, 0.4) is 0 Å². The lowest BCUT2D eigenvalue weighted by Gasteiger charge is -2.34. The van der Waals surface area contributed by atoms with E-state index in [9.17, 15) is 0 Å². The summed E-state index contributed by atoms with van der Waals surface area (Å²) in [6.07, 6.45) is 0. The Kier molecular flexibility index (Phi) is 4.88. The maximum Gasteiger partial charge on any atom is 0.165 e. The second kappa shape index (κ2) is 7.49. The van der Waals surface area contributed by atoms with Gasteiger partial charge < -0.3 is 9.64 Å². The van der Waals surface area contributed by atoms with E-state index in [-0.39, 0.29) is 0 Å². The molecule has 0 atom stereocenters. The maximum absolute atomic E-state index is 8.93. The second-order valence-corrected chi connectivity index (χ2v) is 7.07. The number of hydrogen-bond acceptors (Lipinski definition) is 6. The van der Waals surface area contributed by atoms with Gasteiger partial charge in [-0.05, 0) is 19.9 Å². The van der Waals surface area contributed by atoms with Crippen LogP contribution in [0.15, 0.2) is 30.3 Å². The number of nitriles is 1. The number of ether oxygens (including phenoxy) is 1. The SMILES string of the molecule is COc1ccccc1-c1c(C)nn2c(N3CCN(CC#N)CC3)cc(C)nc12. The van der Waals surface area contributed by atoms with Gasteiger partial charge in [0.25, 0.3) is 0 Å². The van der Waals surface area contributed by atoms with E-state index in [1.54, 1.807) is 7.11 Å². The van der Waals surface area contributed by atoms with Gasteiger partial charge in [0.15, 0.2) is 5.65 Å². The van der Waals surface area contributed by atoms with Gasteiger partial charge in [0.1, 0.15) is 11.6 Å². The minimum atomic E-state index is 0.484. The topological polar surface area (TPSA) is 69.7 Å². The molecule has 1 aliphatic rings. The lowest BCUT2D eigenvalue weighted by Crippen LogP contribution is -2.47. The first-order chi connectivity index (χ1) is 13.6. The van der Waals surface area contributed by atoms with E-state index < -0.39 is 0 Å². The molecule has 3 heterocycles. The van der Waals surface area contributed by atoms with Gasteiger partial charge in [-0.2, -0.15) is 14.9 Å².